The zero-order valence-electron chi connectivity index (χ0n) is 11.5. The average Bonchev–Trinajstić information content (AvgIpc) is 3.24. The standard InChI is InChI=1S/C15H23NO3/c1-9-4-6-15(7-5-9,14(18)19)16-13(17)12-8-11(12)10-2-3-10/h9-12H,2-8H2,1H3,(H,16,17)(H,18,19). The van der Waals surface area contributed by atoms with Gasteiger partial charge in [-0.2, -0.15) is 0 Å². The summed E-state index contributed by atoms with van der Waals surface area (Å²) in [6.07, 6.45) is 6.44. The van der Waals surface area contributed by atoms with Crippen LogP contribution in [0.2, 0.25) is 0 Å². The molecule has 1 amide bonds. The lowest BCUT2D eigenvalue weighted by Gasteiger charge is -2.36. The number of carboxylic acids is 1. The van der Waals surface area contributed by atoms with Crippen LogP contribution in [-0.2, 0) is 9.59 Å². The molecule has 0 aromatic heterocycles. The largest absolute Gasteiger partial charge is 0.480 e. The van der Waals surface area contributed by atoms with Gasteiger partial charge in [0.05, 0.1) is 0 Å². The van der Waals surface area contributed by atoms with Crippen molar-refractivity contribution in [2.24, 2.45) is 23.7 Å². The Labute approximate surface area is 113 Å². The Bertz CT molecular complexity index is 394. The summed E-state index contributed by atoms with van der Waals surface area (Å²) in [4.78, 5) is 23.8. The third-order valence-corrected chi connectivity index (χ3v) is 5.30. The summed E-state index contributed by atoms with van der Waals surface area (Å²) < 4.78 is 0. The fourth-order valence-electron chi connectivity index (χ4n) is 3.54. The second-order valence-corrected chi connectivity index (χ2v) is 6.90. The predicted octanol–water partition coefficient (Wildman–Crippen LogP) is 2.18. The van der Waals surface area contributed by atoms with Gasteiger partial charge in [-0.15, -0.1) is 0 Å². The van der Waals surface area contributed by atoms with E-state index in [9.17, 15) is 14.7 Å². The molecule has 2 N–H and O–H groups in total. The molecule has 3 fully saturated rings. The van der Waals surface area contributed by atoms with Crippen LogP contribution in [0.3, 0.4) is 0 Å². The average molecular weight is 265 g/mol. The summed E-state index contributed by atoms with van der Waals surface area (Å²) in [5, 5.41) is 12.4. The van der Waals surface area contributed by atoms with Crippen molar-refractivity contribution in [1.29, 1.82) is 0 Å². The minimum absolute atomic E-state index is 0.00569. The Hall–Kier alpha value is -1.06. The summed E-state index contributed by atoms with van der Waals surface area (Å²) in [5.41, 5.74) is -0.986. The number of carboxylic acid groups (broad SMARTS) is 1. The number of hydrogen-bond acceptors (Lipinski definition) is 2. The Morgan fingerprint density at radius 2 is 1.79 bits per heavy atom. The van der Waals surface area contributed by atoms with Gasteiger partial charge in [0.2, 0.25) is 5.91 Å². The number of carbonyl (C=O) groups excluding carboxylic acids is 1. The summed E-state index contributed by atoms with van der Waals surface area (Å²) >= 11 is 0. The molecule has 2 unspecified atom stereocenters. The van der Waals surface area contributed by atoms with Gasteiger partial charge in [-0.1, -0.05) is 6.92 Å². The molecule has 0 saturated heterocycles. The number of amides is 1. The minimum atomic E-state index is -0.986. The van der Waals surface area contributed by atoms with Crippen LogP contribution in [-0.4, -0.2) is 22.5 Å². The van der Waals surface area contributed by atoms with E-state index < -0.39 is 11.5 Å². The van der Waals surface area contributed by atoms with E-state index in [2.05, 4.69) is 12.2 Å². The van der Waals surface area contributed by atoms with Crippen LogP contribution >= 0.6 is 0 Å². The molecule has 3 saturated carbocycles. The van der Waals surface area contributed by atoms with Crippen molar-refractivity contribution in [3.05, 3.63) is 0 Å². The van der Waals surface area contributed by atoms with Crippen molar-refractivity contribution in [3.63, 3.8) is 0 Å². The zero-order valence-corrected chi connectivity index (χ0v) is 11.5. The molecule has 0 aromatic rings. The maximum Gasteiger partial charge on any atom is 0.329 e. The normalized spacial score (nSPS) is 41.6. The van der Waals surface area contributed by atoms with Crippen LogP contribution in [0.5, 0.6) is 0 Å². The molecule has 0 spiro atoms. The second kappa shape index (κ2) is 4.50. The van der Waals surface area contributed by atoms with Gasteiger partial charge in [-0.3, -0.25) is 4.79 Å². The molecule has 4 heteroatoms. The van der Waals surface area contributed by atoms with Gasteiger partial charge in [0.1, 0.15) is 5.54 Å². The monoisotopic (exact) mass is 265 g/mol. The van der Waals surface area contributed by atoms with Crippen LogP contribution in [0.1, 0.15) is 51.9 Å². The highest BCUT2D eigenvalue weighted by Crippen LogP contribution is 2.54. The Morgan fingerprint density at radius 1 is 1.16 bits per heavy atom. The maximum absolute atomic E-state index is 12.2. The third kappa shape index (κ3) is 2.49. The van der Waals surface area contributed by atoms with Crippen LogP contribution in [0, 0.1) is 23.7 Å². The topological polar surface area (TPSA) is 66.4 Å². The Morgan fingerprint density at radius 3 is 2.32 bits per heavy atom. The number of nitrogens with one attached hydrogen (secondary N) is 1. The lowest BCUT2D eigenvalue weighted by molar-refractivity contribution is -0.150. The van der Waals surface area contributed by atoms with E-state index in [0.29, 0.717) is 24.7 Å². The van der Waals surface area contributed by atoms with Gasteiger partial charge in [-0.05, 0) is 62.7 Å². The summed E-state index contributed by atoms with van der Waals surface area (Å²) in [6, 6.07) is 0. The van der Waals surface area contributed by atoms with Gasteiger partial charge in [0, 0.05) is 5.92 Å². The van der Waals surface area contributed by atoms with E-state index in [-0.39, 0.29) is 11.8 Å². The molecule has 19 heavy (non-hydrogen) atoms. The molecule has 2 atom stereocenters. The molecule has 0 aromatic carbocycles. The van der Waals surface area contributed by atoms with E-state index in [1.54, 1.807) is 0 Å². The van der Waals surface area contributed by atoms with Crippen molar-refractivity contribution in [3.8, 4) is 0 Å². The maximum atomic E-state index is 12.2. The first-order valence-corrected chi connectivity index (χ1v) is 7.57. The fraction of sp³-hybridized carbons (Fsp3) is 0.867. The van der Waals surface area contributed by atoms with E-state index >= 15 is 0 Å². The number of rotatable bonds is 4. The van der Waals surface area contributed by atoms with Gasteiger partial charge in [-0.25, -0.2) is 4.79 Å². The summed E-state index contributed by atoms with van der Waals surface area (Å²) in [6.45, 7) is 2.15. The van der Waals surface area contributed by atoms with Crippen molar-refractivity contribution < 1.29 is 14.7 Å². The molecule has 3 aliphatic rings. The fourth-order valence-corrected chi connectivity index (χ4v) is 3.54. The summed E-state index contributed by atoms with van der Waals surface area (Å²) in [7, 11) is 0. The highest BCUT2D eigenvalue weighted by Gasteiger charge is 2.53. The number of carbonyl (C=O) groups is 2. The van der Waals surface area contributed by atoms with Crippen LogP contribution < -0.4 is 5.32 Å². The smallest absolute Gasteiger partial charge is 0.329 e. The molecule has 106 valence electrons. The first kappa shape index (κ1) is 12.9. The highest BCUT2D eigenvalue weighted by molar-refractivity contribution is 5.89. The zero-order chi connectivity index (χ0) is 13.6. The molecule has 0 aliphatic heterocycles. The molecule has 0 heterocycles. The van der Waals surface area contributed by atoms with Gasteiger partial charge in [0.15, 0.2) is 0 Å². The van der Waals surface area contributed by atoms with E-state index in [1.807, 2.05) is 0 Å². The van der Waals surface area contributed by atoms with Crippen molar-refractivity contribution in [2.45, 2.75) is 57.4 Å². The highest BCUT2D eigenvalue weighted by atomic mass is 16.4. The summed E-state index contributed by atoms with van der Waals surface area (Å²) in [5.74, 6) is 1.12. The second-order valence-electron chi connectivity index (χ2n) is 6.90. The van der Waals surface area contributed by atoms with Crippen LogP contribution in [0.4, 0.5) is 0 Å². The quantitative estimate of drug-likeness (QED) is 0.818. The number of aliphatic carboxylic acids is 1. The first-order valence-electron chi connectivity index (χ1n) is 7.57. The molecule has 4 nitrogen and oxygen atoms in total. The molecular weight excluding hydrogens is 242 g/mol. The van der Waals surface area contributed by atoms with Crippen LogP contribution in [0.25, 0.3) is 0 Å². The SMILES string of the molecule is CC1CCC(NC(=O)C2CC2C2CC2)(C(=O)O)CC1. The predicted molar refractivity (Wildman–Crippen MR) is 70.5 cm³/mol. The van der Waals surface area contributed by atoms with Crippen molar-refractivity contribution in [1.82, 2.24) is 5.32 Å². The minimum Gasteiger partial charge on any atom is -0.480 e. The molecule has 3 aliphatic carbocycles. The number of hydrogen-bond donors (Lipinski definition) is 2. The van der Waals surface area contributed by atoms with E-state index in [4.69, 9.17) is 0 Å². The van der Waals surface area contributed by atoms with Crippen molar-refractivity contribution >= 4 is 11.9 Å². The first-order chi connectivity index (χ1) is 9.02. The van der Waals surface area contributed by atoms with E-state index in [1.165, 1.54) is 12.8 Å². The van der Waals surface area contributed by atoms with Crippen LogP contribution in [0.15, 0.2) is 0 Å². The van der Waals surface area contributed by atoms with Gasteiger partial charge >= 0.3 is 5.97 Å². The molecule has 0 radical (unpaired) electrons. The van der Waals surface area contributed by atoms with Gasteiger partial charge < -0.3 is 10.4 Å². The van der Waals surface area contributed by atoms with Gasteiger partial charge in [0.25, 0.3) is 0 Å². The Balaban J connectivity index is 1.61. The Kier molecular flexibility index (Phi) is 3.06. The lowest BCUT2D eigenvalue weighted by atomic mass is 9.77. The molecule has 3 rings (SSSR count). The lowest BCUT2D eigenvalue weighted by Crippen LogP contribution is -2.56. The van der Waals surface area contributed by atoms with E-state index in [0.717, 1.165) is 25.2 Å². The van der Waals surface area contributed by atoms with Crippen molar-refractivity contribution in [2.75, 3.05) is 0 Å². The molecule has 0 bridgehead atoms. The third-order valence-electron chi connectivity index (χ3n) is 5.30. The molecular formula is C15H23NO3.